The van der Waals surface area contributed by atoms with Gasteiger partial charge in [0.15, 0.2) is 12.2 Å². The Morgan fingerprint density at radius 1 is 0.541 bits per heavy atom. The highest BCUT2D eigenvalue weighted by Crippen LogP contribution is 2.32. The van der Waals surface area contributed by atoms with Crippen LogP contribution in [0.1, 0.15) is 57.7 Å². The summed E-state index contributed by atoms with van der Waals surface area (Å²) in [4.78, 5) is 62.0. The predicted octanol–water partition coefficient (Wildman–Crippen LogP) is 4.29. The zero-order chi connectivity index (χ0) is 43.7. The van der Waals surface area contributed by atoms with Crippen LogP contribution in [0.4, 0.5) is 0 Å². The Bertz CT molecular complexity index is 1900. The molecule has 15 nitrogen and oxygen atoms in total. The lowest BCUT2D eigenvalue weighted by Gasteiger charge is -2.46. The van der Waals surface area contributed by atoms with Crippen LogP contribution in [0.2, 0.25) is 0 Å². The number of ether oxygens (including phenoxy) is 8. The van der Waals surface area contributed by atoms with Crippen LogP contribution in [0.3, 0.4) is 0 Å². The van der Waals surface area contributed by atoms with Crippen molar-refractivity contribution in [3.8, 4) is 0 Å². The second-order valence-corrected chi connectivity index (χ2v) is 14.9. The number of hydrogen-bond donors (Lipinski definition) is 2. The molecule has 2 amide bonds. The van der Waals surface area contributed by atoms with Crippen LogP contribution in [0, 0.1) is 0 Å². The van der Waals surface area contributed by atoms with Gasteiger partial charge in [0.2, 0.25) is 11.8 Å². The Hall–Kier alpha value is -5.45. The highest BCUT2D eigenvalue weighted by molar-refractivity contribution is 5.74. The molecule has 2 N–H and O–H groups in total. The van der Waals surface area contributed by atoms with Crippen molar-refractivity contribution in [2.75, 3.05) is 13.2 Å². The second kappa shape index (κ2) is 23.5. The van der Waals surface area contributed by atoms with Crippen LogP contribution in [0.25, 0.3) is 0 Å². The largest absolute Gasteiger partial charge is 0.463 e. The Morgan fingerprint density at radius 3 is 1.56 bits per heavy atom. The van der Waals surface area contributed by atoms with E-state index >= 15 is 0 Å². The minimum atomic E-state index is -1.23. The Labute approximate surface area is 356 Å². The normalized spacial score (nSPS) is 26.2. The average Bonchev–Trinajstić information content (AvgIpc) is 3.22. The Kier molecular flexibility index (Phi) is 18.0. The van der Waals surface area contributed by atoms with Crippen LogP contribution in [0.5, 0.6) is 0 Å². The molecule has 15 heteroatoms. The second-order valence-electron chi connectivity index (χ2n) is 14.9. The first kappa shape index (κ1) is 46.6. The lowest BCUT2D eigenvalue weighted by atomic mass is 9.89. The lowest BCUT2D eigenvalue weighted by molar-refractivity contribution is -0.224. The lowest BCUT2D eigenvalue weighted by Crippen LogP contribution is -2.66. The molecule has 0 saturated carbocycles. The van der Waals surface area contributed by atoms with Crippen molar-refractivity contribution in [3.05, 3.63) is 120 Å². The average molecular weight is 845 g/mol. The van der Waals surface area contributed by atoms with E-state index in [4.69, 9.17) is 37.9 Å². The Morgan fingerprint density at radius 2 is 1.03 bits per heavy atom. The maximum absolute atomic E-state index is 12.9. The van der Waals surface area contributed by atoms with Gasteiger partial charge in [-0.25, -0.2) is 0 Å². The van der Waals surface area contributed by atoms with Gasteiger partial charge in [-0.05, 0) is 23.1 Å². The number of amides is 2. The van der Waals surface area contributed by atoms with Gasteiger partial charge in [-0.15, -0.1) is 0 Å². The van der Waals surface area contributed by atoms with E-state index in [0.29, 0.717) is 6.61 Å². The first-order valence-electron chi connectivity index (χ1n) is 20.3. The summed E-state index contributed by atoms with van der Waals surface area (Å²) in [7, 11) is 0. The highest BCUT2D eigenvalue weighted by Gasteiger charge is 2.51. The van der Waals surface area contributed by atoms with Crippen molar-refractivity contribution < 1.29 is 61.9 Å². The SMILES string of the molecule is CC(=O)N[C@@H]1[C@@H](OCc2ccccc2)[C@H](OCc2ccccc2)[C@@H](COCc2ccccc2)O[C@@H]1/C=C/C[C@H]1O[C@H](COC(C)=O)[C@@H](OC(C)=O)[C@H](OC(C)=O)[C@H]1NC(C)=O. The third-order valence-electron chi connectivity index (χ3n) is 9.98. The molecule has 2 aliphatic heterocycles. The number of carbonyl (C=O) groups excluding carboxylic acids is 5. The molecule has 3 aromatic rings. The zero-order valence-corrected chi connectivity index (χ0v) is 35.1. The van der Waals surface area contributed by atoms with Gasteiger partial charge >= 0.3 is 17.9 Å². The van der Waals surface area contributed by atoms with Gasteiger partial charge in [-0.2, -0.15) is 0 Å². The van der Waals surface area contributed by atoms with E-state index in [0.717, 1.165) is 16.7 Å². The summed E-state index contributed by atoms with van der Waals surface area (Å²) in [6.07, 6.45) is -3.71. The minimum Gasteiger partial charge on any atom is -0.463 e. The number of hydrogen-bond acceptors (Lipinski definition) is 13. The summed E-state index contributed by atoms with van der Waals surface area (Å²) in [6.45, 7) is 6.84. The van der Waals surface area contributed by atoms with Crippen molar-refractivity contribution in [2.24, 2.45) is 0 Å². The van der Waals surface area contributed by atoms with Gasteiger partial charge in [0.25, 0.3) is 0 Å². The van der Waals surface area contributed by atoms with E-state index in [1.54, 1.807) is 12.2 Å². The van der Waals surface area contributed by atoms with Gasteiger partial charge in [-0.3, -0.25) is 24.0 Å². The topological polar surface area (TPSA) is 183 Å². The van der Waals surface area contributed by atoms with Gasteiger partial charge in [-0.1, -0.05) is 103 Å². The van der Waals surface area contributed by atoms with Crippen LogP contribution < -0.4 is 10.6 Å². The number of esters is 3. The molecule has 5 rings (SSSR count). The summed E-state index contributed by atoms with van der Waals surface area (Å²) in [5.41, 5.74) is 2.82. The molecule has 0 aliphatic carbocycles. The van der Waals surface area contributed by atoms with E-state index < -0.39 is 84.7 Å². The Balaban J connectivity index is 1.49. The fourth-order valence-corrected chi connectivity index (χ4v) is 7.44. The monoisotopic (exact) mass is 844 g/mol. The maximum atomic E-state index is 12.9. The fraction of sp³-hybridized carbons (Fsp3) is 0.457. The van der Waals surface area contributed by atoms with Crippen molar-refractivity contribution in [1.82, 2.24) is 10.6 Å². The van der Waals surface area contributed by atoms with E-state index in [-0.39, 0.29) is 38.8 Å². The number of benzene rings is 3. The number of carbonyl (C=O) groups is 5. The quantitative estimate of drug-likeness (QED) is 0.0992. The minimum absolute atomic E-state index is 0.0946. The van der Waals surface area contributed by atoms with Crippen molar-refractivity contribution >= 4 is 29.7 Å². The zero-order valence-electron chi connectivity index (χ0n) is 35.1. The summed E-state index contributed by atoms with van der Waals surface area (Å²) in [6, 6.07) is 27.3. The predicted molar refractivity (Wildman–Crippen MR) is 220 cm³/mol. The summed E-state index contributed by atoms with van der Waals surface area (Å²) < 4.78 is 49.3. The molecule has 0 radical (unpaired) electrons. The molecule has 10 atom stereocenters. The van der Waals surface area contributed by atoms with Crippen molar-refractivity contribution in [2.45, 2.75) is 122 Å². The molecule has 2 heterocycles. The summed E-state index contributed by atoms with van der Waals surface area (Å²) in [5.74, 6) is -2.78. The molecule has 0 spiro atoms. The van der Waals surface area contributed by atoms with Gasteiger partial charge in [0.05, 0.1) is 50.7 Å². The molecule has 0 unspecified atom stereocenters. The van der Waals surface area contributed by atoms with Gasteiger partial charge in [0.1, 0.15) is 31.0 Å². The number of nitrogens with one attached hydrogen (secondary N) is 2. The maximum Gasteiger partial charge on any atom is 0.303 e. The highest BCUT2D eigenvalue weighted by atomic mass is 16.6. The first-order chi connectivity index (χ1) is 29.4. The van der Waals surface area contributed by atoms with Gasteiger partial charge < -0.3 is 48.5 Å². The summed E-state index contributed by atoms with van der Waals surface area (Å²) >= 11 is 0. The summed E-state index contributed by atoms with van der Waals surface area (Å²) in [5, 5.41) is 5.86. The molecule has 2 fully saturated rings. The van der Waals surface area contributed by atoms with Crippen LogP contribution >= 0.6 is 0 Å². The van der Waals surface area contributed by atoms with Crippen LogP contribution in [0.15, 0.2) is 103 Å². The van der Waals surface area contributed by atoms with Gasteiger partial charge in [0, 0.05) is 34.6 Å². The smallest absolute Gasteiger partial charge is 0.303 e. The first-order valence-corrected chi connectivity index (χ1v) is 20.3. The molecular formula is C46H56N2O13. The van der Waals surface area contributed by atoms with Crippen LogP contribution in [-0.2, 0) is 81.7 Å². The van der Waals surface area contributed by atoms with Crippen molar-refractivity contribution in [1.29, 1.82) is 0 Å². The van der Waals surface area contributed by atoms with E-state index in [2.05, 4.69) is 10.6 Å². The van der Waals surface area contributed by atoms with E-state index in [1.165, 1.54) is 34.6 Å². The molecule has 3 aromatic carbocycles. The molecule has 61 heavy (non-hydrogen) atoms. The van der Waals surface area contributed by atoms with E-state index in [9.17, 15) is 24.0 Å². The number of rotatable bonds is 19. The molecule has 2 aliphatic rings. The third-order valence-corrected chi connectivity index (χ3v) is 9.98. The molecular weight excluding hydrogens is 789 g/mol. The molecule has 0 bridgehead atoms. The third kappa shape index (κ3) is 14.6. The molecule has 328 valence electrons. The standard InChI is InChI=1S/C46H56N2O13/c1-29(49)47-41-37(22-15-23-38-42(48-30(2)50)46(59-33(5)53)44(58-32(4)52)40(61-38)28-55-31(3)51)60-39(27-54-24-34-16-9-6-10-17-34)43(56-25-35-18-11-7-12-19-35)45(41)57-26-36-20-13-8-14-21-36/h6-22,37-46H,23-28H2,1-5H3,(H,47,49)(H,48,50)/b22-15+/t37-,38-,39-,40-,41+,42+,43-,44-,45-,46-/m1/s1. The molecule has 2 saturated heterocycles. The van der Waals surface area contributed by atoms with Crippen LogP contribution in [-0.4, -0.2) is 104 Å². The molecule has 0 aromatic heterocycles. The van der Waals surface area contributed by atoms with Crippen molar-refractivity contribution in [3.63, 3.8) is 0 Å². The fourth-order valence-electron chi connectivity index (χ4n) is 7.44. The van der Waals surface area contributed by atoms with E-state index in [1.807, 2.05) is 91.0 Å².